The molecule has 0 aromatic heterocycles. The van der Waals surface area contributed by atoms with Crippen molar-refractivity contribution in [1.82, 2.24) is 5.32 Å². The van der Waals surface area contributed by atoms with Crippen LogP contribution in [0.15, 0.2) is 35.3 Å². The van der Waals surface area contributed by atoms with Gasteiger partial charge in [0.25, 0.3) is 0 Å². The number of nitrogens with one attached hydrogen (secondary N) is 1. The first-order valence-electron chi connectivity index (χ1n) is 6.26. The van der Waals surface area contributed by atoms with Gasteiger partial charge in [-0.2, -0.15) is 0 Å². The molecule has 1 unspecified atom stereocenters. The van der Waals surface area contributed by atoms with Crippen LogP contribution < -0.4 is 5.32 Å². The predicted molar refractivity (Wildman–Crippen MR) is 74.6 cm³/mol. The maximum Gasteiger partial charge on any atom is 0.157 e. The Bertz CT molecular complexity index is 423. The summed E-state index contributed by atoms with van der Waals surface area (Å²) in [5.74, 6) is 1.12. The Morgan fingerprint density at radius 2 is 2.12 bits per heavy atom. The van der Waals surface area contributed by atoms with Crippen molar-refractivity contribution in [3.8, 4) is 0 Å². The first kappa shape index (κ1) is 11.1. The Hall–Kier alpha value is -0.960. The van der Waals surface area contributed by atoms with E-state index in [2.05, 4.69) is 42.6 Å². The maximum atomic E-state index is 4.78. The molecule has 2 nitrogen and oxygen atoms in total. The molecule has 1 N–H and O–H groups in total. The van der Waals surface area contributed by atoms with E-state index >= 15 is 0 Å². The molecule has 1 aliphatic carbocycles. The zero-order valence-electron chi connectivity index (χ0n) is 10.1. The van der Waals surface area contributed by atoms with Crippen LogP contribution in [0.4, 0.5) is 0 Å². The molecule has 1 heterocycles. The standard InChI is InChI=1S/C14H18N2S/c1-14(7-8-14)16-13-15-12(10-17-13)9-11-5-3-2-4-6-11/h2-6,12H,7-10H2,1H3,(H,15,16). The lowest BCUT2D eigenvalue weighted by molar-refractivity contribution is 0.666. The average molecular weight is 246 g/mol. The van der Waals surface area contributed by atoms with Gasteiger partial charge < -0.3 is 5.32 Å². The molecule has 1 fully saturated rings. The molecular formula is C14H18N2S. The van der Waals surface area contributed by atoms with Crippen LogP contribution in [-0.2, 0) is 6.42 Å². The van der Waals surface area contributed by atoms with Gasteiger partial charge in [0.1, 0.15) is 0 Å². The van der Waals surface area contributed by atoms with Gasteiger partial charge in [0.2, 0.25) is 0 Å². The highest BCUT2D eigenvalue weighted by Gasteiger charge is 2.39. The molecule has 0 amide bonds. The van der Waals surface area contributed by atoms with Crippen LogP contribution in [0.25, 0.3) is 0 Å². The molecule has 0 saturated heterocycles. The third-order valence-corrected chi connectivity index (χ3v) is 4.47. The third kappa shape index (κ3) is 2.83. The number of aliphatic imine (C=N–C) groups is 1. The maximum absolute atomic E-state index is 4.78. The summed E-state index contributed by atoms with van der Waals surface area (Å²) in [6, 6.07) is 11.1. The van der Waals surface area contributed by atoms with Gasteiger partial charge in [0.05, 0.1) is 6.04 Å². The number of hydrogen-bond donors (Lipinski definition) is 1. The third-order valence-electron chi connectivity index (χ3n) is 3.44. The first-order chi connectivity index (χ1) is 8.23. The van der Waals surface area contributed by atoms with Gasteiger partial charge in [0, 0.05) is 11.3 Å². The lowest BCUT2D eigenvalue weighted by atomic mass is 10.1. The van der Waals surface area contributed by atoms with Crippen molar-refractivity contribution in [3.63, 3.8) is 0 Å². The van der Waals surface area contributed by atoms with Crippen molar-refractivity contribution < 1.29 is 0 Å². The number of hydrogen-bond acceptors (Lipinski definition) is 3. The topological polar surface area (TPSA) is 24.4 Å². The van der Waals surface area contributed by atoms with Gasteiger partial charge in [-0.3, -0.25) is 4.99 Å². The number of amidine groups is 1. The molecule has 90 valence electrons. The summed E-state index contributed by atoms with van der Waals surface area (Å²) >= 11 is 1.88. The minimum atomic E-state index is 0.355. The van der Waals surface area contributed by atoms with Crippen LogP contribution >= 0.6 is 11.8 Å². The molecule has 17 heavy (non-hydrogen) atoms. The second-order valence-electron chi connectivity index (χ2n) is 5.27. The van der Waals surface area contributed by atoms with Crippen LogP contribution in [0.3, 0.4) is 0 Å². The number of benzene rings is 1. The van der Waals surface area contributed by atoms with Crippen LogP contribution in [0.2, 0.25) is 0 Å². The van der Waals surface area contributed by atoms with Gasteiger partial charge in [-0.25, -0.2) is 0 Å². The molecule has 3 heteroatoms. The first-order valence-corrected chi connectivity index (χ1v) is 7.25. The normalized spacial score (nSPS) is 25.5. The van der Waals surface area contributed by atoms with Gasteiger partial charge in [-0.1, -0.05) is 42.1 Å². The fraction of sp³-hybridized carbons (Fsp3) is 0.500. The second-order valence-corrected chi connectivity index (χ2v) is 6.28. The smallest absolute Gasteiger partial charge is 0.157 e. The lowest BCUT2D eigenvalue weighted by Gasteiger charge is -2.11. The van der Waals surface area contributed by atoms with E-state index in [9.17, 15) is 0 Å². The van der Waals surface area contributed by atoms with Gasteiger partial charge in [0.15, 0.2) is 5.17 Å². The Kier molecular flexibility index (Phi) is 2.87. The highest BCUT2D eigenvalue weighted by Crippen LogP contribution is 2.36. The van der Waals surface area contributed by atoms with Crippen molar-refractivity contribution >= 4 is 16.9 Å². The van der Waals surface area contributed by atoms with Crippen LogP contribution in [-0.4, -0.2) is 22.5 Å². The van der Waals surface area contributed by atoms with E-state index in [1.807, 2.05) is 11.8 Å². The minimum absolute atomic E-state index is 0.355. The minimum Gasteiger partial charge on any atom is -0.360 e. The SMILES string of the molecule is CC1(NC2=NC(Cc3ccccc3)CS2)CC1. The predicted octanol–water partition coefficient (Wildman–Crippen LogP) is 2.84. The zero-order chi connectivity index (χ0) is 11.7. The highest BCUT2D eigenvalue weighted by molar-refractivity contribution is 8.14. The molecule has 1 aliphatic heterocycles. The van der Waals surface area contributed by atoms with Gasteiger partial charge in [-0.15, -0.1) is 0 Å². The van der Waals surface area contributed by atoms with E-state index in [4.69, 9.17) is 4.99 Å². The fourth-order valence-electron chi connectivity index (χ4n) is 2.05. The van der Waals surface area contributed by atoms with E-state index in [1.165, 1.54) is 18.4 Å². The van der Waals surface area contributed by atoms with E-state index in [0.29, 0.717) is 11.6 Å². The summed E-state index contributed by atoms with van der Waals surface area (Å²) in [5, 5.41) is 4.72. The van der Waals surface area contributed by atoms with Crippen molar-refractivity contribution in [2.24, 2.45) is 4.99 Å². The van der Waals surface area contributed by atoms with E-state index in [-0.39, 0.29) is 0 Å². The highest BCUT2D eigenvalue weighted by atomic mass is 32.2. The summed E-state index contributed by atoms with van der Waals surface area (Å²) in [5.41, 5.74) is 1.74. The Labute approximate surface area is 107 Å². The lowest BCUT2D eigenvalue weighted by Crippen LogP contribution is -2.31. The van der Waals surface area contributed by atoms with Crippen molar-refractivity contribution in [2.45, 2.75) is 37.8 Å². The Morgan fingerprint density at radius 3 is 2.82 bits per heavy atom. The van der Waals surface area contributed by atoms with Crippen molar-refractivity contribution in [1.29, 1.82) is 0 Å². The van der Waals surface area contributed by atoms with Crippen molar-refractivity contribution in [2.75, 3.05) is 5.75 Å². The molecule has 3 rings (SSSR count). The summed E-state index contributed by atoms with van der Waals surface area (Å²) in [7, 11) is 0. The molecule has 1 aromatic rings. The largest absolute Gasteiger partial charge is 0.360 e. The second kappa shape index (κ2) is 4.37. The molecular weight excluding hydrogens is 228 g/mol. The van der Waals surface area contributed by atoms with E-state index < -0.39 is 0 Å². The van der Waals surface area contributed by atoms with Crippen LogP contribution in [0.5, 0.6) is 0 Å². The molecule has 1 atom stereocenters. The average Bonchev–Trinajstić information content (AvgIpc) is 2.88. The quantitative estimate of drug-likeness (QED) is 0.887. The molecule has 2 aliphatic rings. The van der Waals surface area contributed by atoms with E-state index in [0.717, 1.165) is 17.3 Å². The summed E-state index contributed by atoms with van der Waals surface area (Å²) in [6.07, 6.45) is 3.64. The molecule has 1 aromatic carbocycles. The molecule has 0 bridgehead atoms. The number of thioether (sulfide) groups is 1. The summed E-state index contributed by atoms with van der Waals surface area (Å²) in [6.45, 7) is 2.28. The zero-order valence-corrected chi connectivity index (χ0v) is 11.0. The fourth-order valence-corrected chi connectivity index (χ4v) is 3.13. The Morgan fingerprint density at radius 1 is 1.35 bits per heavy atom. The van der Waals surface area contributed by atoms with Crippen molar-refractivity contribution in [3.05, 3.63) is 35.9 Å². The van der Waals surface area contributed by atoms with Gasteiger partial charge >= 0.3 is 0 Å². The van der Waals surface area contributed by atoms with E-state index in [1.54, 1.807) is 0 Å². The molecule has 0 radical (unpaired) electrons. The number of rotatable bonds is 3. The molecule has 1 saturated carbocycles. The van der Waals surface area contributed by atoms with Gasteiger partial charge in [-0.05, 0) is 31.7 Å². The van der Waals surface area contributed by atoms with Crippen LogP contribution in [0, 0.1) is 0 Å². The Balaban J connectivity index is 1.59. The van der Waals surface area contributed by atoms with Crippen LogP contribution in [0.1, 0.15) is 25.3 Å². The monoisotopic (exact) mass is 246 g/mol. The summed E-state index contributed by atoms with van der Waals surface area (Å²) < 4.78 is 0. The molecule has 0 spiro atoms. The summed E-state index contributed by atoms with van der Waals surface area (Å²) in [4.78, 5) is 4.78. The number of nitrogens with zero attached hydrogens (tertiary/aromatic N) is 1.